The standard InChI is InChI=1S/C28H38N2O2/c1-8-14-28(15-13-20(3)24-17-19(2)16-21(4)29-24)18-22-11-9-10-12-23(22)25(28)30-26(31)32-27(5,6)7/h9-12,16-17,25H,3,8,13-15,18H2,1-2,4-7H3,(H,30,31)/t25-,28?/m1/s1. The number of hydrogen-bond donors (Lipinski definition) is 1. The van der Waals surface area contributed by atoms with Crippen LogP contribution in [0.3, 0.4) is 0 Å². The number of carbonyl (C=O) groups is 1. The molecule has 32 heavy (non-hydrogen) atoms. The lowest BCUT2D eigenvalue weighted by molar-refractivity contribution is 0.0435. The molecule has 2 atom stereocenters. The summed E-state index contributed by atoms with van der Waals surface area (Å²) in [6, 6.07) is 12.6. The Balaban J connectivity index is 1.87. The van der Waals surface area contributed by atoms with Gasteiger partial charge in [-0.2, -0.15) is 0 Å². The molecule has 0 saturated carbocycles. The molecule has 0 aliphatic heterocycles. The maximum atomic E-state index is 12.8. The van der Waals surface area contributed by atoms with E-state index in [9.17, 15) is 4.79 Å². The number of aryl methyl sites for hydroxylation is 2. The number of alkyl carbamates (subject to hydrolysis) is 1. The van der Waals surface area contributed by atoms with E-state index in [0.29, 0.717) is 0 Å². The number of pyridine rings is 1. The number of nitrogens with zero attached hydrogens (tertiary/aromatic N) is 1. The Kier molecular flexibility index (Phi) is 7.12. The topological polar surface area (TPSA) is 51.2 Å². The van der Waals surface area contributed by atoms with Gasteiger partial charge in [0.1, 0.15) is 5.60 Å². The van der Waals surface area contributed by atoms with E-state index >= 15 is 0 Å². The van der Waals surface area contributed by atoms with E-state index in [2.05, 4.69) is 62.1 Å². The summed E-state index contributed by atoms with van der Waals surface area (Å²) in [5, 5.41) is 3.24. The van der Waals surface area contributed by atoms with Gasteiger partial charge in [-0.25, -0.2) is 4.79 Å². The van der Waals surface area contributed by atoms with Crippen molar-refractivity contribution in [1.82, 2.24) is 10.3 Å². The summed E-state index contributed by atoms with van der Waals surface area (Å²) in [5.74, 6) is 0. The summed E-state index contributed by atoms with van der Waals surface area (Å²) in [5.41, 5.74) is 6.17. The zero-order chi connectivity index (χ0) is 23.5. The highest BCUT2D eigenvalue weighted by atomic mass is 16.6. The summed E-state index contributed by atoms with van der Waals surface area (Å²) in [6.07, 6.45) is 4.45. The second kappa shape index (κ2) is 9.48. The van der Waals surface area contributed by atoms with Crippen LogP contribution in [0.25, 0.3) is 5.57 Å². The smallest absolute Gasteiger partial charge is 0.408 e. The number of hydrogen-bond acceptors (Lipinski definition) is 3. The monoisotopic (exact) mass is 434 g/mol. The number of amides is 1. The summed E-state index contributed by atoms with van der Waals surface area (Å²) in [7, 11) is 0. The van der Waals surface area contributed by atoms with E-state index in [0.717, 1.165) is 49.1 Å². The maximum absolute atomic E-state index is 12.8. The van der Waals surface area contributed by atoms with Crippen LogP contribution in [-0.4, -0.2) is 16.7 Å². The first kappa shape index (κ1) is 24.0. The lowest BCUT2D eigenvalue weighted by Crippen LogP contribution is -2.41. The highest BCUT2D eigenvalue weighted by molar-refractivity contribution is 5.69. The average Bonchev–Trinajstić information content (AvgIpc) is 2.98. The molecule has 0 fully saturated rings. The van der Waals surface area contributed by atoms with Gasteiger partial charge in [-0.05, 0) is 100 Å². The van der Waals surface area contributed by atoms with Gasteiger partial charge in [-0.15, -0.1) is 0 Å². The lowest BCUT2D eigenvalue weighted by atomic mass is 9.72. The average molecular weight is 435 g/mol. The number of rotatable bonds is 7. The van der Waals surface area contributed by atoms with Gasteiger partial charge in [0.2, 0.25) is 0 Å². The van der Waals surface area contributed by atoms with Gasteiger partial charge < -0.3 is 10.1 Å². The van der Waals surface area contributed by atoms with Crippen molar-refractivity contribution in [2.75, 3.05) is 0 Å². The van der Waals surface area contributed by atoms with E-state index in [1.165, 1.54) is 16.7 Å². The SMILES string of the molecule is C=C(CCC1(CCC)Cc2ccccc2[C@H]1NC(=O)OC(C)(C)C)c1cc(C)cc(C)n1. The van der Waals surface area contributed by atoms with Crippen molar-refractivity contribution in [1.29, 1.82) is 0 Å². The maximum Gasteiger partial charge on any atom is 0.408 e. The van der Waals surface area contributed by atoms with E-state index in [1.807, 2.05) is 27.7 Å². The summed E-state index contributed by atoms with van der Waals surface area (Å²) in [6.45, 7) is 16.4. The molecule has 3 rings (SSSR count). The first-order chi connectivity index (χ1) is 15.0. The summed E-state index contributed by atoms with van der Waals surface area (Å²) < 4.78 is 5.63. The van der Waals surface area contributed by atoms with Gasteiger partial charge in [0.15, 0.2) is 0 Å². The molecule has 1 amide bonds. The third-order valence-corrected chi connectivity index (χ3v) is 6.31. The van der Waals surface area contributed by atoms with Crippen molar-refractivity contribution < 1.29 is 9.53 Å². The number of aromatic nitrogens is 1. The number of carbonyl (C=O) groups excluding carboxylic acids is 1. The van der Waals surface area contributed by atoms with Gasteiger partial charge in [-0.3, -0.25) is 4.98 Å². The Morgan fingerprint density at radius 3 is 2.59 bits per heavy atom. The molecule has 0 saturated heterocycles. The first-order valence-electron chi connectivity index (χ1n) is 11.7. The second-order valence-corrected chi connectivity index (χ2v) is 10.3. The molecule has 1 aromatic carbocycles. The number of allylic oxidation sites excluding steroid dienone is 1. The minimum Gasteiger partial charge on any atom is -0.444 e. The van der Waals surface area contributed by atoms with Gasteiger partial charge in [-0.1, -0.05) is 44.2 Å². The number of benzene rings is 1. The molecule has 0 spiro atoms. The molecule has 1 heterocycles. The van der Waals surface area contributed by atoms with Crippen molar-refractivity contribution in [2.24, 2.45) is 5.41 Å². The minimum absolute atomic E-state index is 0.0723. The predicted octanol–water partition coefficient (Wildman–Crippen LogP) is 7.10. The van der Waals surface area contributed by atoms with Gasteiger partial charge in [0.25, 0.3) is 0 Å². The van der Waals surface area contributed by atoms with Gasteiger partial charge in [0, 0.05) is 5.69 Å². The van der Waals surface area contributed by atoms with E-state index in [4.69, 9.17) is 9.72 Å². The third-order valence-electron chi connectivity index (χ3n) is 6.31. The van der Waals surface area contributed by atoms with Crippen LogP contribution in [0.4, 0.5) is 4.79 Å². The Hall–Kier alpha value is -2.62. The summed E-state index contributed by atoms with van der Waals surface area (Å²) in [4.78, 5) is 17.5. The van der Waals surface area contributed by atoms with Crippen molar-refractivity contribution in [3.63, 3.8) is 0 Å². The highest BCUT2D eigenvalue weighted by Crippen LogP contribution is 2.52. The van der Waals surface area contributed by atoms with Crippen molar-refractivity contribution in [3.8, 4) is 0 Å². The molecular weight excluding hydrogens is 396 g/mol. The lowest BCUT2D eigenvalue weighted by Gasteiger charge is -2.37. The van der Waals surface area contributed by atoms with Crippen LogP contribution in [0.5, 0.6) is 0 Å². The van der Waals surface area contributed by atoms with E-state index < -0.39 is 5.60 Å². The second-order valence-electron chi connectivity index (χ2n) is 10.3. The van der Waals surface area contributed by atoms with Crippen molar-refractivity contribution in [2.45, 2.75) is 85.3 Å². The fourth-order valence-corrected chi connectivity index (χ4v) is 5.08. The number of ether oxygens (including phenoxy) is 1. The third kappa shape index (κ3) is 5.59. The fraction of sp³-hybridized carbons (Fsp3) is 0.500. The quantitative estimate of drug-likeness (QED) is 0.505. The molecule has 1 unspecified atom stereocenters. The summed E-state index contributed by atoms with van der Waals surface area (Å²) >= 11 is 0. The largest absolute Gasteiger partial charge is 0.444 e. The molecule has 0 radical (unpaired) electrons. The molecule has 1 aliphatic carbocycles. The molecular formula is C28H38N2O2. The van der Waals surface area contributed by atoms with Crippen LogP contribution >= 0.6 is 0 Å². The molecule has 2 aromatic rings. The molecule has 1 aromatic heterocycles. The Morgan fingerprint density at radius 1 is 1.22 bits per heavy atom. The molecule has 4 heteroatoms. The number of fused-ring (bicyclic) bond motifs is 1. The van der Waals surface area contributed by atoms with Gasteiger partial charge in [0.05, 0.1) is 11.7 Å². The van der Waals surface area contributed by atoms with Crippen LogP contribution in [0.15, 0.2) is 43.0 Å². The Bertz CT molecular complexity index is 969. The van der Waals surface area contributed by atoms with Crippen molar-refractivity contribution in [3.05, 3.63) is 71.1 Å². The van der Waals surface area contributed by atoms with E-state index in [-0.39, 0.29) is 17.6 Å². The van der Waals surface area contributed by atoms with Crippen LogP contribution in [-0.2, 0) is 11.2 Å². The molecule has 1 N–H and O–H groups in total. The molecule has 0 bridgehead atoms. The molecule has 4 nitrogen and oxygen atoms in total. The predicted molar refractivity (Wildman–Crippen MR) is 132 cm³/mol. The zero-order valence-corrected chi connectivity index (χ0v) is 20.5. The first-order valence-corrected chi connectivity index (χ1v) is 11.7. The highest BCUT2D eigenvalue weighted by Gasteiger charge is 2.46. The van der Waals surface area contributed by atoms with Crippen LogP contribution in [0.2, 0.25) is 0 Å². The molecule has 1 aliphatic rings. The normalized spacial score (nSPS) is 20.0. The zero-order valence-electron chi connectivity index (χ0n) is 20.5. The van der Waals surface area contributed by atoms with Crippen LogP contribution < -0.4 is 5.32 Å². The van der Waals surface area contributed by atoms with E-state index in [1.54, 1.807) is 0 Å². The minimum atomic E-state index is -0.529. The Morgan fingerprint density at radius 2 is 1.94 bits per heavy atom. The Labute approximate surface area is 193 Å². The van der Waals surface area contributed by atoms with Gasteiger partial charge >= 0.3 is 6.09 Å². The van der Waals surface area contributed by atoms with Crippen LogP contribution in [0, 0.1) is 19.3 Å². The fourth-order valence-electron chi connectivity index (χ4n) is 5.08. The number of nitrogens with one attached hydrogen (secondary N) is 1. The van der Waals surface area contributed by atoms with Crippen molar-refractivity contribution >= 4 is 11.7 Å². The molecule has 172 valence electrons. The van der Waals surface area contributed by atoms with Crippen LogP contribution in [0.1, 0.15) is 87.5 Å².